The number of sulfonamides is 1. The van der Waals surface area contributed by atoms with Crippen LogP contribution >= 0.6 is 12.2 Å². The molecule has 2 aromatic carbocycles. The molecule has 0 aliphatic carbocycles. The average molecular weight is 420 g/mol. The van der Waals surface area contributed by atoms with Crippen LogP contribution in [0.3, 0.4) is 0 Å². The Morgan fingerprint density at radius 1 is 1.00 bits per heavy atom. The second-order valence-corrected chi connectivity index (χ2v) is 8.70. The van der Waals surface area contributed by atoms with E-state index in [1.807, 2.05) is 26.8 Å². The molecule has 0 aliphatic rings. The van der Waals surface area contributed by atoms with Gasteiger partial charge in [0.2, 0.25) is 5.91 Å². The summed E-state index contributed by atoms with van der Waals surface area (Å²) in [5.41, 5.74) is 3.07. The fourth-order valence-electron chi connectivity index (χ4n) is 2.65. The van der Waals surface area contributed by atoms with Gasteiger partial charge in [0, 0.05) is 17.8 Å². The van der Waals surface area contributed by atoms with Crippen LogP contribution in [0.2, 0.25) is 0 Å². The zero-order valence-electron chi connectivity index (χ0n) is 16.2. The third-order valence-electron chi connectivity index (χ3n) is 3.91. The minimum absolute atomic E-state index is 0.134. The Hall–Kier alpha value is -2.45. The van der Waals surface area contributed by atoms with Gasteiger partial charge >= 0.3 is 0 Å². The largest absolute Gasteiger partial charge is 0.332 e. The lowest BCUT2D eigenvalue weighted by atomic mass is 10.1. The number of aryl methyl sites for hydroxylation is 2. The van der Waals surface area contributed by atoms with Crippen molar-refractivity contribution in [2.24, 2.45) is 0 Å². The molecular weight excluding hydrogens is 394 g/mol. The van der Waals surface area contributed by atoms with Crippen LogP contribution in [-0.4, -0.2) is 19.4 Å². The molecule has 2 rings (SSSR count). The number of benzene rings is 2. The lowest BCUT2D eigenvalue weighted by Gasteiger charge is -2.12. The van der Waals surface area contributed by atoms with Crippen LogP contribution in [-0.2, 0) is 14.8 Å². The first-order valence-corrected chi connectivity index (χ1v) is 10.9. The first-order valence-electron chi connectivity index (χ1n) is 9.01. The number of hydrogen-bond acceptors (Lipinski definition) is 4. The third kappa shape index (κ3) is 6.61. The van der Waals surface area contributed by atoms with Crippen molar-refractivity contribution in [3.05, 3.63) is 53.6 Å². The molecule has 0 bridgehead atoms. The van der Waals surface area contributed by atoms with Crippen molar-refractivity contribution in [1.82, 2.24) is 5.32 Å². The molecule has 8 heteroatoms. The van der Waals surface area contributed by atoms with Gasteiger partial charge in [0.15, 0.2) is 5.11 Å². The maximum absolute atomic E-state index is 12.6. The standard InChI is InChI=1S/C20H25N3O3S2/c1-4-5-6-19(24)22-20(27)21-16-7-9-18(10-8-16)28(25,26)23-17-12-14(2)11-15(3)13-17/h7-13,23H,4-6H2,1-3H3,(H2,21,22,24,27). The normalized spacial score (nSPS) is 11.0. The van der Waals surface area contributed by atoms with Crippen molar-refractivity contribution >= 4 is 44.6 Å². The van der Waals surface area contributed by atoms with Gasteiger partial charge < -0.3 is 10.6 Å². The minimum atomic E-state index is -3.70. The van der Waals surface area contributed by atoms with Gasteiger partial charge in [0.25, 0.3) is 10.0 Å². The Bertz CT molecular complexity index is 935. The van der Waals surface area contributed by atoms with Gasteiger partial charge in [-0.15, -0.1) is 0 Å². The Labute approximate surface area is 171 Å². The van der Waals surface area contributed by atoms with E-state index in [1.165, 1.54) is 12.1 Å². The minimum Gasteiger partial charge on any atom is -0.332 e. The van der Waals surface area contributed by atoms with Crippen molar-refractivity contribution in [3.8, 4) is 0 Å². The fourth-order valence-corrected chi connectivity index (χ4v) is 3.93. The Kier molecular flexibility index (Phi) is 7.53. The van der Waals surface area contributed by atoms with Gasteiger partial charge in [0.1, 0.15) is 0 Å². The van der Waals surface area contributed by atoms with Crippen LogP contribution in [0.1, 0.15) is 37.3 Å². The van der Waals surface area contributed by atoms with Gasteiger partial charge in [0.05, 0.1) is 4.90 Å². The number of carbonyl (C=O) groups excluding carboxylic acids is 1. The van der Waals surface area contributed by atoms with Crippen LogP contribution in [0, 0.1) is 13.8 Å². The fraction of sp³-hybridized carbons (Fsp3) is 0.300. The Morgan fingerprint density at radius 2 is 1.61 bits per heavy atom. The summed E-state index contributed by atoms with van der Waals surface area (Å²) in [5, 5.41) is 5.66. The summed E-state index contributed by atoms with van der Waals surface area (Å²) in [7, 11) is -3.70. The van der Waals surface area contributed by atoms with E-state index in [9.17, 15) is 13.2 Å². The second kappa shape index (κ2) is 9.66. The predicted molar refractivity (Wildman–Crippen MR) is 117 cm³/mol. The van der Waals surface area contributed by atoms with Crippen molar-refractivity contribution in [2.45, 2.75) is 44.9 Å². The van der Waals surface area contributed by atoms with Crippen molar-refractivity contribution < 1.29 is 13.2 Å². The first kappa shape index (κ1) is 21.8. The second-order valence-electron chi connectivity index (χ2n) is 6.61. The number of unbranched alkanes of at least 4 members (excludes halogenated alkanes) is 1. The summed E-state index contributed by atoms with van der Waals surface area (Å²) in [6.45, 7) is 5.83. The van der Waals surface area contributed by atoms with Crippen molar-refractivity contribution in [3.63, 3.8) is 0 Å². The molecule has 6 nitrogen and oxygen atoms in total. The monoisotopic (exact) mass is 419 g/mol. The highest BCUT2D eigenvalue weighted by Gasteiger charge is 2.14. The molecule has 3 N–H and O–H groups in total. The van der Waals surface area contributed by atoms with E-state index in [1.54, 1.807) is 24.3 Å². The molecule has 1 amide bonds. The van der Waals surface area contributed by atoms with Crippen LogP contribution in [0.25, 0.3) is 0 Å². The molecule has 0 saturated heterocycles. The number of amides is 1. The maximum atomic E-state index is 12.6. The zero-order chi connectivity index (χ0) is 20.7. The van der Waals surface area contributed by atoms with Gasteiger partial charge in [-0.05, 0) is 80.0 Å². The number of nitrogens with one attached hydrogen (secondary N) is 3. The van der Waals surface area contributed by atoms with Gasteiger partial charge in [-0.2, -0.15) is 0 Å². The van der Waals surface area contributed by atoms with E-state index < -0.39 is 10.0 Å². The number of rotatable bonds is 7. The number of hydrogen-bond donors (Lipinski definition) is 3. The molecule has 0 aromatic heterocycles. The summed E-state index contributed by atoms with van der Waals surface area (Å²) >= 11 is 5.11. The van der Waals surface area contributed by atoms with Gasteiger partial charge in [-0.25, -0.2) is 8.42 Å². The van der Waals surface area contributed by atoms with E-state index >= 15 is 0 Å². The smallest absolute Gasteiger partial charge is 0.261 e. The van der Waals surface area contributed by atoms with E-state index in [4.69, 9.17) is 12.2 Å². The van der Waals surface area contributed by atoms with Crippen LogP contribution in [0.5, 0.6) is 0 Å². The van der Waals surface area contributed by atoms with Gasteiger partial charge in [-0.1, -0.05) is 19.4 Å². The molecule has 0 heterocycles. The molecule has 2 aromatic rings. The molecule has 0 aliphatic heterocycles. The highest BCUT2D eigenvalue weighted by Crippen LogP contribution is 2.20. The molecule has 28 heavy (non-hydrogen) atoms. The molecule has 0 atom stereocenters. The quantitative estimate of drug-likeness (QED) is 0.588. The maximum Gasteiger partial charge on any atom is 0.261 e. The van der Waals surface area contributed by atoms with Crippen LogP contribution < -0.4 is 15.4 Å². The highest BCUT2D eigenvalue weighted by molar-refractivity contribution is 7.92. The summed E-state index contributed by atoms with van der Waals surface area (Å²) in [4.78, 5) is 11.8. The number of carbonyl (C=O) groups is 1. The molecule has 0 saturated carbocycles. The molecular formula is C20H25N3O3S2. The lowest BCUT2D eigenvalue weighted by Crippen LogP contribution is -2.33. The van der Waals surface area contributed by atoms with Gasteiger partial charge in [-0.3, -0.25) is 9.52 Å². The summed E-state index contributed by atoms with van der Waals surface area (Å²) in [5.74, 6) is -0.142. The molecule has 0 spiro atoms. The summed E-state index contributed by atoms with van der Waals surface area (Å²) < 4.78 is 27.8. The molecule has 0 unspecified atom stereocenters. The van der Waals surface area contributed by atoms with E-state index in [0.29, 0.717) is 17.8 Å². The van der Waals surface area contributed by atoms with Crippen LogP contribution in [0.15, 0.2) is 47.4 Å². The molecule has 0 radical (unpaired) electrons. The SMILES string of the molecule is CCCCC(=O)NC(=S)Nc1ccc(S(=O)(=O)Nc2cc(C)cc(C)c2)cc1. The number of anilines is 2. The average Bonchev–Trinajstić information content (AvgIpc) is 2.59. The summed E-state index contributed by atoms with van der Waals surface area (Å²) in [6.07, 6.45) is 2.15. The topological polar surface area (TPSA) is 87.3 Å². The third-order valence-corrected chi connectivity index (χ3v) is 5.51. The Morgan fingerprint density at radius 3 is 2.18 bits per heavy atom. The lowest BCUT2D eigenvalue weighted by molar-refractivity contribution is -0.119. The highest BCUT2D eigenvalue weighted by atomic mass is 32.2. The van der Waals surface area contributed by atoms with Crippen molar-refractivity contribution in [1.29, 1.82) is 0 Å². The van der Waals surface area contributed by atoms with Crippen LogP contribution in [0.4, 0.5) is 11.4 Å². The van der Waals surface area contributed by atoms with Crippen molar-refractivity contribution in [2.75, 3.05) is 10.0 Å². The molecule has 0 fully saturated rings. The van der Waals surface area contributed by atoms with E-state index in [2.05, 4.69) is 15.4 Å². The summed E-state index contributed by atoms with van der Waals surface area (Å²) in [6, 6.07) is 11.7. The van der Waals surface area contributed by atoms with E-state index in [0.717, 1.165) is 24.0 Å². The Balaban J connectivity index is 2.02. The molecule has 150 valence electrons. The number of thiocarbonyl (C=S) groups is 1. The first-order chi connectivity index (χ1) is 13.2. The zero-order valence-corrected chi connectivity index (χ0v) is 17.8. The predicted octanol–water partition coefficient (Wildman–Crippen LogP) is 4.11. The van der Waals surface area contributed by atoms with E-state index in [-0.39, 0.29) is 15.9 Å².